The number of aryl methyl sites for hydroxylation is 2. The second-order valence-corrected chi connectivity index (χ2v) is 4.11. The summed E-state index contributed by atoms with van der Waals surface area (Å²) in [6, 6.07) is 8.59. The second kappa shape index (κ2) is 3.22. The molecule has 0 saturated heterocycles. The van der Waals surface area contributed by atoms with Crippen LogP contribution in [0.25, 0.3) is 0 Å². The third-order valence-corrected chi connectivity index (χ3v) is 2.22. The van der Waals surface area contributed by atoms with Crippen LogP contribution in [0.1, 0.15) is 30.5 Å². The summed E-state index contributed by atoms with van der Waals surface area (Å²) in [5.41, 5.74) is 3.17. The lowest BCUT2D eigenvalue weighted by Crippen LogP contribution is -2.14. The van der Waals surface area contributed by atoms with Crippen LogP contribution in [-0.4, -0.2) is 0 Å². The van der Waals surface area contributed by atoms with Crippen molar-refractivity contribution in [1.82, 2.24) is 0 Å². The van der Waals surface area contributed by atoms with Crippen molar-refractivity contribution in [3.63, 3.8) is 0 Å². The summed E-state index contributed by atoms with van der Waals surface area (Å²) in [6.07, 6.45) is 0. The highest BCUT2D eigenvalue weighted by molar-refractivity contribution is 5.36. The van der Waals surface area contributed by atoms with Crippen LogP contribution in [0.5, 0.6) is 0 Å². The summed E-state index contributed by atoms with van der Waals surface area (Å²) in [6.45, 7) is 8.01. The molecule has 0 spiro atoms. The van der Waals surface area contributed by atoms with E-state index >= 15 is 0 Å². The summed E-state index contributed by atoms with van der Waals surface area (Å²) < 4.78 is 0. The van der Waals surface area contributed by atoms with Gasteiger partial charge in [-0.15, -0.1) is 0 Å². The highest BCUT2D eigenvalue weighted by Crippen LogP contribution is 2.23. The number of benzene rings is 1. The molecular weight excluding hydrogens is 158 g/mol. The Labute approximate surface area is 80.0 Å². The van der Waals surface area contributed by atoms with E-state index < -0.39 is 0 Å². The van der Waals surface area contributed by atoms with E-state index in [0.29, 0.717) is 0 Å². The summed E-state index contributed by atoms with van der Waals surface area (Å²) in [7, 11) is 0. The minimum atomic E-state index is -0.378. The molecule has 0 radical (unpaired) electrons. The molecule has 0 unspecified atom stereocenters. The standard InChI is InChI=1S/C12H15N/c1-9-5-10(2)7-11(6-9)12(3,4)8-13/h5-7H,1-4H3. The topological polar surface area (TPSA) is 23.8 Å². The molecule has 0 aliphatic rings. The van der Waals surface area contributed by atoms with Crippen molar-refractivity contribution in [3.05, 3.63) is 34.9 Å². The maximum atomic E-state index is 8.98. The molecule has 0 aromatic heterocycles. The lowest BCUT2D eigenvalue weighted by Gasteiger charge is -2.17. The molecule has 0 amide bonds. The van der Waals surface area contributed by atoms with E-state index in [4.69, 9.17) is 5.26 Å². The Morgan fingerprint density at radius 1 is 1.08 bits per heavy atom. The van der Waals surface area contributed by atoms with Gasteiger partial charge in [-0.3, -0.25) is 0 Å². The molecule has 0 fully saturated rings. The Morgan fingerprint density at radius 2 is 1.54 bits per heavy atom. The number of rotatable bonds is 1. The summed E-state index contributed by atoms with van der Waals surface area (Å²) >= 11 is 0. The highest BCUT2D eigenvalue weighted by Gasteiger charge is 2.19. The van der Waals surface area contributed by atoms with E-state index in [2.05, 4.69) is 38.1 Å². The number of hydrogen-bond donors (Lipinski definition) is 0. The number of nitrogens with zero attached hydrogens (tertiary/aromatic N) is 1. The summed E-state index contributed by atoms with van der Waals surface area (Å²) in [4.78, 5) is 0. The zero-order valence-electron chi connectivity index (χ0n) is 8.68. The summed E-state index contributed by atoms with van der Waals surface area (Å²) in [5, 5.41) is 8.98. The first-order valence-corrected chi connectivity index (χ1v) is 4.46. The van der Waals surface area contributed by atoms with Gasteiger partial charge >= 0.3 is 0 Å². The van der Waals surface area contributed by atoms with Crippen molar-refractivity contribution in [2.45, 2.75) is 33.1 Å². The van der Waals surface area contributed by atoms with E-state index in [-0.39, 0.29) is 5.41 Å². The van der Waals surface area contributed by atoms with Crippen molar-refractivity contribution in [3.8, 4) is 6.07 Å². The second-order valence-electron chi connectivity index (χ2n) is 4.11. The van der Waals surface area contributed by atoms with E-state index in [0.717, 1.165) is 5.56 Å². The van der Waals surface area contributed by atoms with Crippen LogP contribution in [0.3, 0.4) is 0 Å². The van der Waals surface area contributed by atoms with Gasteiger partial charge in [0.2, 0.25) is 0 Å². The average Bonchev–Trinajstić information content (AvgIpc) is 2.02. The molecule has 68 valence electrons. The maximum Gasteiger partial charge on any atom is 0.0766 e. The van der Waals surface area contributed by atoms with Crippen LogP contribution in [0.15, 0.2) is 18.2 Å². The van der Waals surface area contributed by atoms with Crippen molar-refractivity contribution in [1.29, 1.82) is 5.26 Å². The van der Waals surface area contributed by atoms with Gasteiger partial charge in [0.05, 0.1) is 11.5 Å². The highest BCUT2D eigenvalue weighted by atomic mass is 14.3. The average molecular weight is 173 g/mol. The molecule has 0 aliphatic carbocycles. The Bertz CT molecular complexity index is 336. The van der Waals surface area contributed by atoms with Crippen molar-refractivity contribution < 1.29 is 0 Å². The van der Waals surface area contributed by atoms with Gasteiger partial charge in [0, 0.05) is 0 Å². The molecular formula is C12H15N. The lowest BCUT2D eigenvalue weighted by molar-refractivity contribution is 0.685. The first kappa shape index (κ1) is 9.80. The molecule has 0 N–H and O–H groups in total. The molecule has 0 bridgehead atoms. The van der Waals surface area contributed by atoms with Gasteiger partial charge in [-0.2, -0.15) is 5.26 Å². The molecule has 1 heteroatoms. The van der Waals surface area contributed by atoms with Crippen molar-refractivity contribution >= 4 is 0 Å². The van der Waals surface area contributed by atoms with Crippen LogP contribution in [-0.2, 0) is 5.41 Å². The van der Waals surface area contributed by atoms with Gasteiger partial charge in [-0.1, -0.05) is 29.3 Å². The predicted octanol–water partition coefficient (Wildman–Crippen LogP) is 3.10. The maximum absolute atomic E-state index is 8.98. The largest absolute Gasteiger partial charge is 0.197 e. The Kier molecular flexibility index (Phi) is 2.43. The zero-order valence-corrected chi connectivity index (χ0v) is 8.68. The number of nitriles is 1. The quantitative estimate of drug-likeness (QED) is 0.640. The van der Waals surface area contributed by atoms with Gasteiger partial charge in [0.1, 0.15) is 0 Å². The molecule has 1 rings (SSSR count). The molecule has 0 atom stereocenters. The molecule has 0 heterocycles. The van der Waals surface area contributed by atoms with Gasteiger partial charge in [0.25, 0.3) is 0 Å². The van der Waals surface area contributed by atoms with Crippen LogP contribution in [0, 0.1) is 25.2 Å². The Morgan fingerprint density at radius 3 is 1.92 bits per heavy atom. The molecule has 0 aliphatic heterocycles. The van der Waals surface area contributed by atoms with E-state index in [1.165, 1.54) is 11.1 Å². The molecule has 1 aromatic carbocycles. The van der Waals surface area contributed by atoms with Gasteiger partial charge in [0.15, 0.2) is 0 Å². The van der Waals surface area contributed by atoms with Gasteiger partial charge < -0.3 is 0 Å². The van der Waals surface area contributed by atoms with Crippen molar-refractivity contribution in [2.75, 3.05) is 0 Å². The van der Waals surface area contributed by atoms with Gasteiger partial charge in [-0.05, 0) is 33.3 Å². The molecule has 0 saturated carbocycles. The fourth-order valence-electron chi connectivity index (χ4n) is 1.40. The fraction of sp³-hybridized carbons (Fsp3) is 0.417. The Hall–Kier alpha value is -1.29. The Balaban J connectivity index is 3.25. The molecule has 1 nitrogen and oxygen atoms in total. The minimum Gasteiger partial charge on any atom is -0.197 e. The SMILES string of the molecule is Cc1cc(C)cc(C(C)(C)C#N)c1. The van der Waals surface area contributed by atoms with Crippen LogP contribution >= 0.6 is 0 Å². The summed E-state index contributed by atoms with van der Waals surface area (Å²) in [5.74, 6) is 0. The zero-order chi connectivity index (χ0) is 10.1. The molecule has 1 aromatic rings. The smallest absolute Gasteiger partial charge is 0.0766 e. The first-order valence-electron chi connectivity index (χ1n) is 4.46. The molecule has 13 heavy (non-hydrogen) atoms. The third kappa shape index (κ3) is 2.09. The lowest BCUT2D eigenvalue weighted by atomic mass is 9.85. The monoisotopic (exact) mass is 173 g/mol. The fourth-order valence-corrected chi connectivity index (χ4v) is 1.40. The van der Waals surface area contributed by atoms with Crippen LogP contribution in [0.2, 0.25) is 0 Å². The van der Waals surface area contributed by atoms with E-state index in [9.17, 15) is 0 Å². The van der Waals surface area contributed by atoms with E-state index in [1.807, 2.05) is 13.8 Å². The minimum absolute atomic E-state index is 0.378. The number of hydrogen-bond acceptors (Lipinski definition) is 1. The van der Waals surface area contributed by atoms with Crippen LogP contribution < -0.4 is 0 Å². The predicted molar refractivity (Wildman–Crippen MR) is 54.6 cm³/mol. The van der Waals surface area contributed by atoms with Crippen molar-refractivity contribution in [2.24, 2.45) is 0 Å². The first-order chi connectivity index (χ1) is 5.95. The van der Waals surface area contributed by atoms with Crippen LogP contribution in [0.4, 0.5) is 0 Å². The normalized spacial score (nSPS) is 11.0. The van der Waals surface area contributed by atoms with Gasteiger partial charge in [-0.25, -0.2) is 0 Å². The van der Waals surface area contributed by atoms with E-state index in [1.54, 1.807) is 0 Å². The third-order valence-electron chi connectivity index (χ3n) is 2.22.